The van der Waals surface area contributed by atoms with E-state index in [4.69, 9.17) is 4.74 Å². The number of hydrogen-bond acceptors (Lipinski definition) is 3. The molecule has 136 valence electrons. The summed E-state index contributed by atoms with van der Waals surface area (Å²) >= 11 is 0. The molecule has 0 aliphatic heterocycles. The number of hydrogen-bond donors (Lipinski definition) is 2. The number of nitrogens with one attached hydrogen (secondary N) is 2. The smallest absolute Gasteiger partial charge is 0.315 e. The maximum absolute atomic E-state index is 12.2. The second-order valence-corrected chi connectivity index (χ2v) is 7.28. The number of benzene rings is 1. The number of aromatic nitrogens is 1. The van der Waals surface area contributed by atoms with E-state index in [1.54, 1.807) is 6.20 Å². The summed E-state index contributed by atoms with van der Waals surface area (Å²) in [5.74, 6) is 2.22. The predicted octanol–water partition coefficient (Wildman–Crippen LogP) is 3.65. The van der Waals surface area contributed by atoms with E-state index in [0.29, 0.717) is 31.0 Å². The third-order valence-corrected chi connectivity index (χ3v) is 5.05. The molecule has 1 aromatic carbocycles. The molecule has 2 saturated carbocycles. The van der Waals surface area contributed by atoms with Gasteiger partial charge in [0.05, 0.1) is 5.69 Å². The van der Waals surface area contributed by atoms with Crippen molar-refractivity contribution in [3.05, 3.63) is 59.9 Å². The lowest BCUT2D eigenvalue weighted by atomic mass is 10.1. The highest BCUT2D eigenvalue weighted by molar-refractivity contribution is 5.74. The van der Waals surface area contributed by atoms with Crippen molar-refractivity contribution in [2.24, 2.45) is 11.8 Å². The number of amides is 2. The van der Waals surface area contributed by atoms with Crippen LogP contribution in [0.4, 0.5) is 4.79 Å². The molecule has 0 saturated heterocycles. The largest absolute Gasteiger partial charge is 0.487 e. The summed E-state index contributed by atoms with van der Waals surface area (Å²) in [6, 6.07) is 13.9. The summed E-state index contributed by atoms with van der Waals surface area (Å²) < 4.78 is 5.73. The molecule has 0 spiro atoms. The van der Waals surface area contributed by atoms with E-state index in [-0.39, 0.29) is 6.03 Å². The molecular formula is C21H25N3O2. The Bertz CT molecular complexity index is 713. The first kappa shape index (κ1) is 16.9. The average Bonchev–Trinajstić information content (AvgIpc) is 3.57. The lowest BCUT2D eigenvalue weighted by molar-refractivity contribution is 0.233. The van der Waals surface area contributed by atoms with Crippen molar-refractivity contribution in [1.29, 1.82) is 0 Å². The minimum atomic E-state index is -0.0516. The Morgan fingerprint density at radius 3 is 2.42 bits per heavy atom. The van der Waals surface area contributed by atoms with Crippen molar-refractivity contribution in [2.75, 3.05) is 0 Å². The third-order valence-electron chi connectivity index (χ3n) is 5.05. The second-order valence-electron chi connectivity index (χ2n) is 7.28. The van der Waals surface area contributed by atoms with Crippen LogP contribution in [-0.4, -0.2) is 17.1 Å². The minimum absolute atomic E-state index is 0.0516. The Morgan fingerprint density at radius 2 is 1.81 bits per heavy atom. The molecular weight excluding hydrogens is 326 g/mol. The van der Waals surface area contributed by atoms with Gasteiger partial charge in [0.25, 0.3) is 0 Å². The molecule has 2 aliphatic carbocycles. The lowest BCUT2D eigenvalue weighted by Crippen LogP contribution is -2.44. The van der Waals surface area contributed by atoms with Gasteiger partial charge in [-0.05, 0) is 67.3 Å². The zero-order valence-electron chi connectivity index (χ0n) is 14.9. The summed E-state index contributed by atoms with van der Waals surface area (Å²) in [7, 11) is 0. The summed E-state index contributed by atoms with van der Waals surface area (Å²) in [4.78, 5) is 16.4. The first-order valence-electron chi connectivity index (χ1n) is 9.44. The lowest BCUT2D eigenvalue weighted by Gasteiger charge is -2.18. The number of carbonyl (C=O) groups is 1. The quantitative estimate of drug-likeness (QED) is 0.763. The van der Waals surface area contributed by atoms with Crippen LogP contribution in [-0.2, 0) is 13.2 Å². The minimum Gasteiger partial charge on any atom is -0.487 e. The van der Waals surface area contributed by atoms with Crippen molar-refractivity contribution < 1.29 is 9.53 Å². The Kier molecular flexibility index (Phi) is 5.04. The molecule has 0 bridgehead atoms. The van der Waals surface area contributed by atoms with Gasteiger partial charge in [0.2, 0.25) is 0 Å². The van der Waals surface area contributed by atoms with Crippen molar-refractivity contribution >= 4 is 6.03 Å². The molecule has 0 atom stereocenters. The average molecular weight is 351 g/mol. The highest BCUT2D eigenvalue weighted by Gasteiger charge is 2.42. The van der Waals surface area contributed by atoms with Gasteiger partial charge in [0.15, 0.2) is 0 Å². The summed E-state index contributed by atoms with van der Waals surface area (Å²) in [5.41, 5.74) is 1.95. The number of ether oxygens (including phenoxy) is 1. The number of urea groups is 1. The van der Waals surface area contributed by atoms with Gasteiger partial charge in [0, 0.05) is 18.8 Å². The van der Waals surface area contributed by atoms with E-state index >= 15 is 0 Å². The molecule has 5 heteroatoms. The molecule has 1 aromatic heterocycles. The number of rotatable bonds is 8. The van der Waals surface area contributed by atoms with Gasteiger partial charge in [-0.3, -0.25) is 4.98 Å². The first-order chi connectivity index (χ1) is 12.8. The van der Waals surface area contributed by atoms with Crippen LogP contribution in [0.25, 0.3) is 0 Å². The van der Waals surface area contributed by atoms with Gasteiger partial charge in [-0.1, -0.05) is 18.2 Å². The van der Waals surface area contributed by atoms with Crippen molar-refractivity contribution in [3.63, 3.8) is 0 Å². The molecule has 26 heavy (non-hydrogen) atoms. The molecule has 2 amide bonds. The summed E-state index contributed by atoms with van der Waals surface area (Å²) in [6.45, 7) is 0.971. The van der Waals surface area contributed by atoms with Gasteiger partial charge in [-0.25, -0.2) is 4.79 Å². The SMILES string of the molecule is O=C(NCc1ccc(OCc2ccccn2)cc1)NC(C1CC1)C1CC1. The topological polar surface area (TPSA) is 63.2 Å². The van der Waals surface area contributed by atoms with Crippen LogP contribution in [0.5, 0.6) is 5.75 Å². The standard InChI is InChI=1S/C21H25N3O2/c25-21(24-20(16-6-7-16)17-8-9-17)23-13-15-4-10-19(11-5-15)26-14-18-3-1-2-12-22-18/h1-5,10-12,16-17,20H,6-9,13-14H2,(H2,23,24,25). The fourth-order valence-corrected chi connectivity index (χ4v) is 3.26. The van der Waals surface area contributed by atoms with E-state index in [2.05, 4.69) is 15.6 Å². The van der Waals surface area contributed by atoms with E-state index in [1.807, 2.05) is 42.5 Å². The van der Waals surface area contributed by atoms with Gasteiger partial charge < -0.3 is 15.4 Å². The zero-order chi connectivity index (χ0) is 17.8. The highest BCUT2D eigenvalue weighted by Crippen LogP contribution is 2.44. The summed E-state index contributed by atoms with van der Waals surface area (Å²) in [5, 5.41) is 6.15. The molecule has 5 nitrogen and oxygen atoms in total. The number of pyridine rings is 1. The Balaban J connectivity index is 1.21. The van der Waals surface area contributed by atoms with E-state index in [1.165, 1.54) is 25.7 Å². The van der Waals surface area contributed by atoms with Crippen LogP contribution in [0.1, 0.15) is 36.9 Å². The number of nitrogens with zero attached hydrogens (tertiary/aromatic N) is 1. The van der Waals surface area contributed by atoms with Gasteiger partial charge in [-0.2, -0.15) is 0 Å². The fourth-order valence-electron chi connectivity index (χ4n) is 3.26. The van der Waals surface area contributed by atoms with Crippen LogP contribution in [0.3, 0.4) is 0 Å². The molecule has 2 aromatic rings. The molecule has 4 rings (SSSR count). The van der Waals surface area contributed by atoms with Gasteiger partial charge >= 0.3 is 6.03 Å². The molecule has 2 fully saturated rings. The second kappa shape index (κ2) is 7.77. The Morgan fingerprint density at radius 1 is 1.08 bits per heavy atom. The normalized spacial score (nSPS) is 16.3. The zero-order valence-corrected chi connectivity index (χ0v) is 14.9. The number of carbonyl (C=O) groups excluding carboxylic acids is 1. The van der Waals surface area contributed by atoms with Crippen LogP contribution >= 0.6 is 0 Å². The highest BCUT2D eigenvalue weighted by atomic mass is 16.5. The molecule has 0 radical (unpaired) electrons. The maximum Gasteiger partial charge on any atom is 0.315 e. The predicted molar refractivity (Wildman–Crippen MR) is 99.6 cm³/mol. The van der Waals surface area contributed by atoms with Gasteiger partial charge in [0.1, 0.15) is 12.4 Å². The molecule has 2 N–H and O–H groups in total. The van der Waals surface area contributed by atoms with Crippen LogP contribution in [0.2, 0.25) is 0 Å². The Labute approximate surface area is 154 Å². The molecule has 2 aliphatic rings. The first-order valence-corrected chi connectivity index (χ1v) is 9.44. The van der Waals surface area contributed by atoms with E-state index < -0.39 is 0 Å². The summed E-state index contributed by atoms with van der Waals surface area (Å²) in [6.07, 6.45) is 6.82. The maximum atomic E-state index is 12.2. The van der Waals surface area contributed by atoms with Crippen LogP contribution in [0.15, 0.2) is 48.7 Å². The molecule has 0 unspecified atom stereocenters. The van der Waals surface area contributed by atoms with Gasteiger partial charge in [-0.15, -0.1) is 0 Å². The van der Waals surface area contributed by atoms with Crippen LogP contribution in [0, 0.1) is 11.8 Å². The van der Waals surface area contributed by atoms with Crippen molar-refractivity contribution in [1.82, 2.24) is 15.6 Å². The Hall–Kier alpha value is -2.56. The van der Waals surface area contributed by atoms with E-state index in [0.717, 1.165) is 17.0 Å². The fraction of sp³-hybridized carbons (Fsp3) is 0.429. The van der Waals surface area contributed by atoms with Crippen LogP contribution < -0.4 is 15.4 Å². The van der Waals surface area contributed by atoms with E-state index in [9.17, 15) is 4.79 Å². The van der Waals surface area contributed by atoms with Crippen molar-refractivity contribution in [3.8, 4) is 5.75 Å². The van der Waals surface area contributed by atoms with Crippen molar-refractivity contribution in [2.45, 2.75) is 44.9 Å². The monoisotopic (exact) mass is 351 g/mol. The molecule has 1 heterocycles. The third kappa shape index (κ3) is 4.75.